The maximum Gasteiger partial charge on any atom is 0.250 e. The quantitative estimate of drug-likeness (QED) is 0.130. The number of carbonyl (C=O) groups excluding carboxylic acids is 2. The molecule has 0 atom stereocenters. The number of hydrogen-bond donors (Lipinski definition) is 3. The molecule has 0 spiro atoms. The van der Waals surface area contributed by atoms with Gasteiger partial charge in [0, 0.05) is 64.6 Å². The number of nitrogens with one attached hydrogen (secondary N) is 2. The number of hydrogen-bond acceptors (Lipinski definition) is 11. The van der Waals surface area contributed by atoms with Crippen molar-refractivity contribution < 1.29 is 23.9 Å². The first-order valence-electron chi connectivity index (χ1n) is 20.8. The van der Waals surface area contributed by atoms with Gasteiger partial charge in [0.2, 0.25) is 11.8 Å². The largest absolute Gasteiger partial charge is 0.542 e. The van der Waals surface area contributed by atoms with Crippen LogP contribution in [-0.2, 0) is 14.3 Å². The van der Waals surface area contributed by atoms with Gasteiger partial charge in [-0.2, -0.15) is 0 Å². The normalized spacial score (nSPS) is 15.9. The highest BCUT2D eigenvalue weighted by Gasteiger charge is 2.39. The number of ether oxygens (including phenoxy) is 1. The van der Waals surface area contributed by atoms with Crippen molar-refractivity contribution in [1.82, 2.24) is 19.9 Å². The zero-order chi connectivity index (χ0) is 43.1. The van der Waals surface area contributed by atoms with E-state index in [-0.39, 0.29) is 35.0 Å². The molecular weight excluding hydrogens is 855 g/mol. The van der Waals surface area contributed by atoms with E-state index in [0.29, 0.717) is 46.4 Å². The van der Waals surface area contributed by atoms with E-state index < -0.39 is 8.32 Å². The number of amides is 2. The van der Waals surface area contributed by atoms with Gasteiger partial charge in [0.1, 0.15) is 34.8 Å². The van der Waals surface area contributed by atoms with Crippen LogP contribution in [0.4, 0.5) is 23.3 Å². The van der Waals surface area contributed by atoms with Gasteiger partial charge in [-0.15, -0.1) is 12.4 Å². The molecule has 332 valence electrons. The van der Waals surface area contributed by atoms with E-state index >= 15 is 0 Å². The third kappa shape index (κ3) is 16.5. The summed E-state index contributed by atoms with van der Waals surface area (Å²) < 4.78 is 11.2. The van der Waals surface area contributed by atoms with Gasteiger partial charge in [-0.1, -0.05) is 44.0 Å². The molecule has 17 heteroatoms. The van der Waals surface area contributed by atoms with E-state index in [9.17, 15) is 14.7 Å². The molecule has 0 saturated carbocycles. The fourth-order valence-corrected chi connectivity index (χ4v) is 7.93. The fourth-order valence-electron chi connectivity index (χ4n) is 6.69. The number of anilines is 4. The van der Waals surface area contributed by atoms with Crippen LogP contribution >= 0.6 is 35.6 Å². The van der Waals surface area contributed by atoms with Crippen LogP contribution in [0.1, 0.15) is 72.1 Å². The number of carbonyl (C=O) groups is 2. The molecule has 13 nitrogen and oxygen atoms in total. The average Bonchev–Trinajstić information content (AvgIpc) is 3.82. The lowest BCUT2D eigenvalue weighted by Gasteiger charge is -2.36. The lowest BCUT2D eigenvalue weighted by molar-refractivity contribution is -0.118. The highest BCUT2D eigenvalue weighted by molar-refractivity contribution is 6.74. The molecule has 0 aliphatic carbocycles. The van der Waals surface area contributed by atoms with Gasteiger partial charge in [-0.3, -0.25) is 9.59 Å². The number of piperidine rings is 2. The molecule has 3 fully saturated rings. The second-order valence-corrected chi connectivity index (χ2v) is 22.6. The molecule has 3 N–H and O–H groups in total. The smallest absolute Gasteiger partial charge is 0.250 e. The third-order valence-electron chi connectivity index (χ3n) is 11.3. The summed E-state index contributed by atoms with van der Waals surface area (Å²) >= 11 is 11.8. The van der Waals surface area contributed by atoms with Crippen molar-refractivity contribution in [1.29, 1.82) is 0 Å². The molecule has 7 heterocycles. The van der Waals surface area contributed by atoms with Gasteiger partial charge >= 0.3 is 0 Å². The van der Waals surface area contributed by atoms with Crippen LogP contribution in [0, 0.1) is 11.8 Å². The average molecular weight is 916 g/mol. The summed E-state index contributed by atoms with van der Waals surface area (Å²) in [5, 5.41) is 16.3. The van der Waals surface area contributed by atoms with Gasteiger partial charge in [-0.25, -0.2) is 19.9 Å². The zero-order valence-corrected chi connectivity index (χ0v) is 39.2. The Kier molecular flexibility index (Phi) is 19.3. The van der Waals surface area contributed by atoms with Crippen LogP contribution < -0.4 is 24.9 Å². The number of nitrogens with zero attached hydrogens (tertiary/aromatic N) is 6. The summed E-state index contributed by atoms with van der Waals surface area (Å²) in [7, 11) is -1.90. The van der Waals surface area contributed by atoms with E-state index in [2.05, 4.69) is 74.2 Å². The Bertz CT molecular complexity index is 1910. The van der Waals surface area contributed by atoms with E-state index in [0.717, 1.165) is 82.5 Å². The maximum atomic E-state index is 12.5. The molecule has 3 aliphatic rings. The summed E-state index contributed by atoms with van der Waals surface area (Å²) in [6.45, 7) is 16.6. The number of aromatic hydroxyl groups is 1. The Morgan fingerprint density at radius 1 is 0.721 bits per heavy atom. The van der Waals surface area contributed by atoms with Crippen molar-refractivity contribution in [2.75, 3.05) is 59.8 Å². The fraction of sp³-hybridized carbons (Fsp3) is 0.500. The lowest BCUT2D eigenvalue weighted by Crippen LogP contribution is -2.43. The summed E-state index contributed by atoms with van der Waals surface area (Å²) in [6.07, 6.45) is 13.7. The van der Waals surface area contributed by atoms with E-state index in [1.807, 2.05) is 36.4 Å². The van der Waals surface area contributed by atoms with Crippen molar-refractivity contribution >= 4 is 79.0 Å². The Balaban J connectivity index is 0.000000242. The molecule has 3 saturated heterocycles. The molecule has 2 amide bonds. The summed E-state index contributed by atoms with van der Waals surface area (Å²) in [5.41, 5.74) is 0. The van der Waals surface area contributed by atoms with Gasteiger partial charge in [-0.05, 0) is 117 Å². The predicted molar refractivity (Wildman–Crippen MR) is 250 cm³/mol. The summed E-state index contributed by atoms with van der Waals surface area (Å²) in [6, 6.07) is 14.4. The molecule has 4 aromatic heterocycles. The third-order valence-corrected chi connectivity index (χ3v) is 16.1. The number of pyridine rings is 4. The van der Waals surface area contributed by atoms with Crippen LogP contribution in [0.3, 0.4) is 0 Å². The van der Waals surface area contributed by atoms with Crippen molar-refractivity contribution in [2.45, 2.75) is 90.3 Å². The summed E-state index contributed by atoms with van der Waals surface area (Å²) in [4.78, 5) is 46.1. The van der Waals surface area contributed by atoms with Crippen LogP contribution in [0.25, 0.3) is 0 Å². The van der Waals surface area contributed by atoms with E-state index in [1.165, 1.54) is 25.1 Å². The van der Waals surface area contributed by atoms with Crippen molar-refractivity contribution in [2.24, 2.45) is 11.8 Å². The lowest BCUT2D eigenvalue weighted by atomic mass is 9.93. The molecule has 7 rings (SSSR count). The van der Waals surface area contributed by atoms with Crippen LogP contribution in [0.5, 0.6) is 11.5 Å². The molecule has 4 aromatic rings. The molecule has 0 bridgehead atoms. The SMILES string of the molecule is C1CCOC1.CC(C)(C)[Si](C)(C)Oc1ccc(NC(=O)CC2CCN(c3ccc(Cl)cn3)CC2)nc1.Cl.O=C(CC1CCN(c2ccc(Cl)cn2)CC1)Nc1ccc(O)cn1. The van der Waals surface area contributed by atoms with Gasteiger partial charge in [0.05, 0.1) is 22.4 Å². The Labute approximate surface area is 377 Å². The highest BCUT2D eigenvalue weighted by Crippen LogP contribution is 2.37. The van der Waals surface area contributed by atoms with E-state index in [4.69, 9.17) is 32.4 Å². The molecule has 0 unspecified atom stereocenters. The molecule has 0 radical (unpaired) electrons. The summed E-state index contributed by atoms with van der Waals surface area (Å²) in [5.74, 6) is 4.41. The van der Waals surface area contributed by atoms with Crippen LogP contribution in [-0.4, -0.2) is 84.6 Å². The minimum Gasteiger partial charge on any atom is -0.542 e. The van der Waals surface area contributed by atoms with E-state index in [1.54, 1.807) is 24.7 Å². The Morgan fingerprint density at radius 3 is 1.52 bits per heavy atom. The monoisotopic (exact) mass is 914 g/mol. The molecule has 61 heavy (non-hydrogen) atoms. The van der Waals surface area contributed by atoms with Crippen molar-refractivity contribution in [3.05, 3.63) is 83.4 Å². The number of halogens is 3. The van der Waals surface area contributed by atoms with Crippen molar-refractivity contribution in [3.8, 4) is 11.5 Å². The first-order valence-corrected chi connectivity index (χ1v) is 24.5. The standard InChI is InChI=1S/C23H33ClN4O2Si.C17H19ClN4O2.C4H8O.ClH/c1-23(2,3)31(4,5)30-19-7-8-20(25-16-19)27-22(29)14-17-10-12-28(13-11-17)21-9-6-18(24)15-26-21;18-13-1-4-16(20-10-13)22-7-5-12(6-8-22)9-17(24)21-15-3-2-14(23)11-19-15;1-2-4-5-3-1;/h6-9,15-17H,10-14H2,1-5H3,(H,25,27,29);1-4,10-12,23H,5-9H2,(H,19,21,24);1-4H2;1H. The molecule has 0 aromatic carbocycles. The highest BCUT2D eigenvalue weighted by atomic mass is 35.5. The second-order valence-electron chi connectivity index (χ2n) is 17.0. The number of aromatic nitrogens is 4. The maximum absolute atomic E-state index is 12.5. The Morgan fingerprint density at radius 2 is 1.18 bits per heavy atom. The van der Waals surface area contributed by atoms with Crippen LogP contribution in [0.2, 0.25) is 28.2 Å². The van der Waals surface area contributed by atoms with Gasteiger partial charge < -0.3 is 34.7 Å². The van der Waals surface area contributed by atoms with Gasteiger partial charge in [0.25, 0.3) is 8.32 Å². The minimum atomic E-state index is -1.90. The second kappa shape index (κ2) is 23.9. The minimum absolute atomic E-state index is 0. The Hall–Kier alpha value is -4.21. The molecule has 3 aliphatic heterocycles. The zero-order valence-electron chi connectivity index (χ0n) is 35.9. The first-order chi connectivity index (χ1) is 28.6. The predicted octanol–water partition coefficient (Wildman–Crippen LogP) is 10.1. The first kappa shape index (κ1) is 49.4. The topological polar surface area (TPSA) is 155 Å². The van der Waals surface area contributed by atoms with Gasteiger partial charge in [0.15, 0.2) is 0 Å². The molecular formula is C44H61Cl3N8O5Si. The van der Waals surface area contributed by atoms with Crippen LogP contribution in [0.15, 0.2) is 73.3 Å². The van der Waals surface area contributed by atoms with Crippen molar-refractivity contribution in [3.63, 3.8) is 0 Å². The number of rotatable bonds is 10.